The van der Waals surface area contributed by atoms with Crippen LogP contribution in [0.4, 0.5) is 0 Å². The fraction of sp³-hybridized carbons (Fsp3) is 0.889. The highest BCUT2D eigenvalue weighted by atomic mass is 16.3. The second-order valence-corrected chi connectivity index (χ2v) is 3.86. The van der Waals surface area contributed by atoms with E-state index >= 15 is 0 Å². The van der Waals surface area contributed by atoms with Crippen LogP contribution in [0.5, 0.6) is 0 Å². The Balaban J connectivity index is 2.52. The zero-order valence-corrected chi connectivity index (χ0v) is 7.51. The zero-order chi connectivity index (χ0) is 9.03. The average Bonchev–Trinajstić information content (AvgIpc) is 2.10. The predicted molar refractivity (Wildman–Crippen MR) is 46.2 cm³/mol. The molecule has 3 nitrogen and oxygen atoms in total. The lowest BCUT2D eigenvalue weighted by Crippen LogP contribution is -2.48. The Morgan fingerprint density at radius 3 is 2.58 bits per heavy atom. The minimum absolute atomic E-state index is 0.0767. The number of aliphatic hydroxyl groups is 1. The van der Waals surface area contributed by atoms with E-state index in [1.807, 2.05) is 6.19 Å². The molecule has 2 N–H and O–H groups in total. The quantitative estimate of drug-likeness (QED) is 0.477. The van der Waals surface area contributed by atoms with Crippen LogP contribution in [-0.4, -0.2) is 17.3 Å². The molecule has 3 heteroatoms. The van der Waals surface area contributed by atoms with Gasteiger partial charge in [-0.3, -0.25) is 0 Å². The Morgan fingerprint density at radius 1 is 1.58 bits per heavy atom. The molecule has 68 valence electrons. The molecule has 12 heavy (non-hydrogen) atoms. The average molecular weight is 168 g/mol. The molecule has 0 radical (unpaired) electrons. The molecule has 1 aliphatic carbocycles. The summed E-state index contributed by atoms with van der Waals surface area (Å²) in [6.07, 6.45) is 5.98. The van der Waals surface area contributed by atoms with E-state index in [0.717, 1.165) is 31.6 Å². The van der Waals surface area contributed by atoms with Crippen molar-refractivity contribution in [2.75, 3.05) is 6.61 Å². The molecule has 0 unspecified atom stereocenters. The van der Waals surface area contributed by atoms with E-state index in [1.165, 1.54) is 0 Å². The summed E-state index contributed by atoms with van der Waals surface area (Å²) in [5.74, 6) is 0.741. The normalized spacial score (nSPS) is 35.6. The molecular formula is C9H16N2O. The monoisotopic (exact) mass is 168 g/mol. The number of hydrogen-bond acceptors (Lipinski definition) is 3. The lowest BCUT2D eigenvalue weighted by molar-refractivity contribution is 0.120. The summed E-state index contributed by atoms with van der Waals surface area (Å²) >= 11 is 0. The third-order valence-electron chi connectivity index (χ3n) is 2.86. The van der Waals surface area contributed by atoms with Crippen LogP contribution in [0.3, 0.4) is 0 Å². The minimum atomic E-state index is -0.304. The first-order valence-corrected chi connectivity index (χ1v) is 4.49. The van der Waals surface area contributed by atoms with Crippen molar-refractivity contribution in [2.45, 2.75) is 38.1 Å². The fourth-order valence-electron chi connectivity index (χ4n) is 1.76. The molecule has 0 bridgehead atoms. The van der Waals surface area contributed by atoms with Gasteiger partial charge in [-0.25, -0.2) is 0 Å². The maximum Gasteiger partial charge on any atom is 0.177 e. The van der Waals surface area contributed by atoms with Crippen LogP contribution in [-0.2, 0) is 0 Å². The lowest BCUT2D eigenvalue weighted by Gasteiger charge is -2.36. The van der Waals surface area contributed by atoms with Crippen LogP contribution >= 0.6 is 0 Å². The largest absolute Gasteiger partial charge is 0.394 e. The van der Waals surface area contributed by atoms with Gasteiger partial charge in [-0.1, -0.05) is 6.92 Å². The highest BCUT2D eigenvalue weighted by Gasteiger charge is 2.33. The molecule has 0 spiro atoms. The van der Waals surface area contributed by atoms with Crippen LogP contribution in [0.1, 0.15) is 32.6 Å². The van der Waals surface area contributed by atoms with Crippen molar-refractivity contribution in [1.82, 2.24) is 5.32 Å². The van der Waals surface area contributed by atoms with E-state index in [-0.39, 0.29) is 12.1 Å². The smallest absolute Gasteiger partial charge is 0.177 e. The molecule has 0 heterocycles. The third kappa shape index (κ3) is 1.89. The van der Waals surface area contributed by atoms with Gasteiger partial charge in [0.2, 0.25) is 0 Å². The minimum Gasteiger partial charge on any atom is -0.394 e. The predicted octanol–water partition coefficient (Wildman–Crippen LogP) is 0.998. The maximum absolute atomic E-state index is 9.15. The summed E-state index contributed by atoms with van der Waals surface area (Å²) in [5.41, 5.74) is -0.304. The third-order valence-corrected chi connectivity index (χ3v) is 2.86. The second-order valence-electron chi connectivity index (χ2n) is 3.86. The van der Waals surface area contributed by atoms with Gasteiger partial charge in [0.05, 0.1) is 12.1 Å². The van der Waals surface area contributed by atoms with Crippen molar-refractivity contribution >= 4 is 0 Å². The van der Waals surface area contributed by atoms with Crippen molar-refractivity contribution in [2.24, 2.45) is 5.92 Å². The van der Waals surface area contributed by atoms with Gasteiger partial charge in [-0.05, 0) is 31.6 Å². The van der Waals surface area contributed by atoms with Gasteiger partial charge in [-0.15, -0.1) is 0 Å². The van der Waals surface area contributed by atoms with Crippen molar-refractivity contribution < 1.29 is 5.11 Å². The van der Waals surface area contributed by atoms with Crippen LogP contribution in [0.25, 0.3) is 0 Å². The summed E-state index contributed by atoms with van der Waals surface area (Å²) in [5, 5.41) is 20.4. The van der Waals surface area contributed by atoms with Crippen molar-refractivity contribution in [3.63, 3.8) is 0 Å². The molecule has 0 saturated heterocycles. The van der Waals surface area contributed by atoms with E-state index < -0.39 is 0 Å². The van der Waals surface area contributed by atoms with Crippen molar-refractivity contribution in [3.05, 3.63) is 0 Å². The number of nitrogens with one attached hydrogen (secondary N) is 1. The summed E-state index contributed by atoms with van der Waals surface area (Å²) in [6.45, 7) is 2.29. The number of nitrogens with zero attached hydrogens (tertiary/aromatic N) is 1. The van der Waals surface area contributed by atoms with Crippen molar-refractivity contribution in [3.8, 4) is 6.19 Å². The van der Waals surface area contributed by atoms with Crippen LogP contribution in [0.2, 0.25) is 0 Å². The summed E-state index contributed by atoms with van der Waals surface area (Å²) in [4.78, 5) is 0. The molecule has 0 aromatic heterocycles. The van der Waals surface area contributed by atoms with E-state index in [4.69, 9.17) is 10.4 Å². The van der Waals surface area contributed by atoms with Crippen LogP contribution in [0, 0.1) is 17.4 Å². The number of rotatable bonds is 2. The number of hydrogen-bond donors (Lipinski definition) is 2. The van der Waals surface area contributed by atoms with Gasteiger partial charge in [0, 0.05) is 0 Å². The Kier molecular flexibility index (Phi) is 2.93. The molecule has 0 aliphatic heterocycles. The van der Waals surface area contributed by atoms with Gasteiger partial charge >= 0.3 is 0 Å². The zero-order valence-electron chi connectivity index (χ0n) is 7.51. The van der Waals surface area contributed by atoms with E-state index in [0.29, 0.717) is 0 Å². The highest BCUT2D eigenvalue weighted by molar-refractivity contribution is 4.95. The summed E-state index contributed by atoms with van der Waals surface area (Å²) in [7, 11) is 0. The van der Waals surface area contributed by atoms with Crippen molar-refractivity contribution in [1.29, 1.82) is 5.26 Å². The first-order chi connectivity index (χ1) is 5.72. The van der Waals surface area contributed by atoms with Gasteiger partial charge < -0.3 is 10.4 Å². The topological polar surface area (TPSA) is 56.0 Å². The molecule has 1 saturated carbocycles. The van der Waals surface area contributed by atoms with Gasteiger partial charge in [-0.2, -0.15) is 5.26 Å². The fourth-order valence-corrected chi connectivity index (χ4v) is 1.76. The van der Waals surface area contributed by atoms with Gasteiger partial charge in [0.25, 0.3) is 0 Å². The first-order valence-electron chi connectivity index (χ1n) is 4.49. The number of aliphatic hydroxyl groups excluding tert-OH is 1. The van der Waals surface area contributed by atoms with E-state index in [9.17, 15) is 0 Å². The molecule has 1 rings (SSSR count). The molecule has 1 aliphatic rings. The second kappa shape index (κ2) is 3.77. The van der Waals surface area contributed by atoms with Gasteiger partial charge in [0.1, 0.15) is 0 Å². The standard InChI is InChI=1S/C9H16N2O/c1-8-2-4-9(6-12,5-3-8)11-7-10/h8,11-12H,2-6H2,1H3. The number of nitriles is 1. The molecule has 1 fully saturated rings. The Hall–Kier alpha value is -0.750. The molecule has 0 aromatic rings. The summed E-state index contributed by atoms with van der Waals surface area (Å²) < 4.78 is 0. The Morgan fingerprint density at radius 2 is 2.17 bits per heavy atom. The Labute approximate surface area is 73.4 Å². The molecule has 0 aromatic carbocycles. The maximum atomic E-state index is 9.15. The lowest BCUT2D eigenvalue weighted by atomic mass is 9.78. The molecule has 0 atom stereocenters. The molecule has 0 amide bonds. The van der Waals surface area contributed by atoms with Crippen LogP contribution < -0.4 is 5.32 Å². The molecular weight excluding hydrogens is 152 g/mol. The highest BCUT2D eigenvalue weighted by Crippen LogP contribution is 2.31. The Bertz CT molecular complexity index is 177. The summed E-state index contributed by atoms with van der Waals surface area (Å²) in [6, 6.07) is 0. The first kappa shape index (κ1) is 9.34. The van der Waals surface area contributed by atoms with E-state index in [1.54, 1.807) is 0 Å². The SMILES string of the molecule is CC1CCC(CO)(NC#N)CC1. The van der Waals surface area contributed by atoms with Crippen LogP contribution in [0.15, 0.2) is 0 Å². The van der Waals surface area contributed by atoms with Gasteiger partial charge in [0.15, 0.2) is 6.19 Å². The van der Waals surface area contributed by atoms with E-state index in [2.05, 4.69) is 12.2 Å².